The van der Waals surface area contributed by atoms with Crippen LogP contribution in [0.1, 0.15) is 50.3 Å². The summed E-state index contributed by atoms with van der Waals surface area (Å²) in [5.74, 6) is 0.754. The van der Waals surface area contributed by atoms with E-state index in [1.807, 2.05) is 36.4 Å². The van der Waals surface area contributed by atoms with Crippen LogP contribution < -0.4 is 5.32 Å². The van der Waals surface area contributed by atoms with E-state index in [2.05, 4.69) is 36.2 Å². The maximum absolute atomic E-state index is 13.0. The summed E-state index contributed by atoms with van der Waals surface area (Å²) < 4.78 is 0. The first-order valence-corrected chi connectivity index (χ1v) is 11.2. The Labute approximate surface area is 184 Å². The molecule has 1 atom stereocenters. The third kappa shape index (κ3) is 6.21. The van der Waals surface area contributed by atoms with E-state index in [0.717, 1.165) is 44.5 Å². The number of likely N-dealkylation sites (tertiary alicyclic amines) is 1. The van der Waals surface area contributed by atoms with Gasteiger partial charge in [-0.1, -0.05) is 73.4 Å². The summed E-state index contributed by atoms with van der Waals surface area (Å²) in [7, 11) is 0. The zero-order valence-corrected chi connectivity index (χ0v) is 18.7. The predicted molar refractivity (Wildman–Crippen MR) is 121 cm³/mol. The van der Waals surface area contributed by atoms with Crippen LogP contribution in [0.15, 0.2) is 48.5 Å². The summed E-state index contributed by atoms with van der Waals surface area (Å²) in [5.41, 5.74) is 2.15. The fraction of sp³-hybridized carbons (Fsp3) is 0.458. The lowest BCUT2D eigenvalue weighted by molar-refractivity contribution is -0.127. The van der Waals surface area contributed by atoms with Gasteiger partial charge in [-0.15, -0.1) is 0 Å². The molecule has 2 aromatic rings. The van der Waals surface area contributed by atoms with Gasteiger partial charge in [-0.2, -0.15) is 0 Å². The SMILES string of the molecule is CC(C)C[C@@H](NC(=O)C1CCN(Cc2c(Cl)cccc2Cl)CC1)c1ccccc1. The van der Waals surface area contributed by atoms with Gasteiger partial charge in [-0.05, 0) is 56.0 Å². The number of benzene rings is 2. The number of nitrogens with one attached hydrogen (secondary N) is 1. The molecule has 0 spiro atoms. The first-order valence-electron chi connectivity index (χ1n) is 10.4. The first kappa shape index (κ1) is 22.1. The molecule has 0 aromatic heterocycles. The molecular formula is C24H30Cl2N2O. The van der Waals surface area contributed by atoms with Crippen molar-refractivity contribution in [3.8, 4) is 0 Å². The average molecular weight is 433 g/mol. The number of halogens is 2. The van der Waals surface area contributed by atoms with Gasteiger partial charge < -0.3 is 5.32 Å². The van der Waals surface area contributed by atoms with E-state index in [1.165, 1.54) is 5.56 Å². The smallest absolute Gasteiger partial charge is 0.223 e. The standard InChI is InChI=1S/C24H30Cl2N2O/c1-17(2)15-23(18-7-4-3-5-8-18)27-24(29)19-11-13-28(14-12-19)16-20-21(25)9-6-10-22(20)26/h3-10,17,19,23H,11-16H2,1-2H3,(H,27,29)/t23-/m1/s1. The number of rotatable bonds is 7. The Morgan fingerprint density at radius 2 is 1.66 bits per heavy atom. The van der Waals surface area contributed by atoms with E-state index in [4.69, 9.17) is 23.2 Å². The van der Waals surface area contributed by atoms with Crippen molar-refractivity contribution in [1.82, 2.24) is 10.2 Å². The Kier molecular flexibility index (Phi) is 7.99. The minimum atomic E-state index is 0.0614. The van der Waals surface area contributed by atoms with Crippen LogP contribution in [0.5, 0.6) is 0 Å². The third-order valence-electron chi connectivity index (χ3n) is 5.63. The van der Waals surface area contributed by atoms with Crippen molar-refractivity contribution >= 4 is 29.1 Å². The lowest BCUT2D eigenvalue weighted by Crippen LogP contribution is -2.41. The lowest BCUT2D eigenvalue weighted by Gasteiger charge is -2.33. The molecule has 1 N–H and O–H groups in total. The maximum Gasteiger partial charge on any atom is 0.223 e. The predicted octanol–water partition coefficient (Wildman–Crippen LogP) is 6.11. The minimum absolute atomic E-state index is 0.0614. The Bertz CT molecular complexity index is 782. The van der Waals surface area contributed by atoms with Crippen molar-refractivity contribution in [2.24, 2.45) is 11.8 Å². The number of carbonyl (C=O) groups excluding carboxylic acids is 1. The van der Waals surface area contributed by atoms with E-state index < -0.39 is 0 Å². The Hall–Kier alpha value is -1.55. The largest absolute Gasteiger partial charge is 0.349 e. The number of hydrogen-bond donors (Lipinski definition) is 1. The van der Waals surface area contributed by atoms with Crippen molar-refractivity contribution in [1.29, 1.82) is 0 Å². The quantitative estimate of drug-likeness (QED) is 0.572. The highest BCUT2D eigenvalue weighted by Crippen LogP contribution is 2.28. The molecule has 0 bridgehead atoms. The van der Waals surface area contributed by atoms with Crippen molar-refractivity contribution in [2.45, 2.75) is 45.7 Å². The van der Waals surface area contributed by atoms with Crippen LogP contribution in [0.4, 0.5) is 0 Å². The molecule has 156 valence electrons. The van der Waals surface area contributed by atoms with Crippen LogP contribution in [0.2, 0.25) is 10.0 Å². The molecule has 0 aliphatic carbocycles. The summed E-state index contributed by atoms with van der Waals surface area (Å²) in [6, 6.07) is 16.0. The van der Waals surface area contributed by atoms with Gasteiger partial charge in [-0.25, -0.2) is 0 Å². The molecule has 1 fully saturated rings. The Morgan fingerprint density at radius 1 is 1.03 bits per heavy atom. The molecule has 3 nitrogen and oxygen atoms in total. The van der Waals surface area contributed by atoms with Gasteiger partial charge in [0.15, 0.2) is 0 Å². The maximum atomic E-state index is 13.0. The highest BCUT2D eigenvalue weighted by Gasteiger charge is 2.27. The number of hydrogen-bond acceptors (Lipinski definition) is 2. The summed E-state index contributed by atoms with van der Waals surface area (Å²) in [6.07, 6.45) is 2.66. The molecule has 1 amide bonds. The van der Waals surface area contributed by atoms with Crippen LogP contribution in [-0.2, 0) is 11.3 Å². The van der Waals surface area contributed by atoms with Gasteiger partial charge in [-0.3, -0.25) is 9.69 Å². The highest BCUT2D eigenvalue weighted by molar-refractivity contribution is 6.35. The summed E-state index contributed by atoms with van der Waals surface area (Å²) >= 11 is 12.6. The van der Waals surface area contributed by atoms with Crippen LogP contribution >= 0.6 is 23.2 Å². The molecule has 1 aliphatic heterocycles. The van der Waals surface area contributed by atoms with Crippen LogP contribution in [0.25, 0.3) is 0 Å². The molecular weight excluding hydrogens is 403 g/mol. The van der Waals surface area contributed by atoms with Crippen LogP contribution in [0, 0.1) is 11.8 Å². The second-order valence-corrected chi connectivity index (χ2v) is 9.17. The van der Waals surface area contributed by atoms with E-state index in [1.54, 1.807) is 0 Å². The van der Waals surface area contributed by atoms with Gasteiger partial charge in [0.2, 0.25) is 5.91 Å². The van der Waals surface area contributed by atoms with Crippen molar-refractivity contribution in [3.63, 3.8) is 0 Å². The number of nitrogens with zero attached hydrogens (tertiary/aromatic N) is 1. The van der Waals surface area contributed by atoms with Crippen molar-refractivity contribution < 1.29 is 4.79 Å². The van der Waals surface area contributed by atoms with Gasteiger partial charge in [0.25, 0.3) is 0 Å². The number of carbonyl (C=O) groups is 1. The van der Waals surface area contributed by atoms with Crippen molar-refractivity contribution in [2.75, 3.05) is 13.1 Å². The number of piperidine rings is 1. The van der Waals surface area contributed by atoms with E-state index in [-0.39, 0.29) is 17.9 Å². The van der Waals surface area contributed by atoms with Gasteiger partial charge in [0.05, 0.1) is 6.04 Å². The monoisotopic (exact) mass is 432 g/mol. The fourth-order valence-corrected chi connectivity index (χ4v) is 4.50. The first-order chi connectivity index (χ1) is 13.9. The lowest BCUT2D eigenvalue weighted by atomic mass is 9.92. The summed E-state index contributed by atoms with van der Waals surface area (Å²) in [5, 5.41) is 4.73. The topological polar surface area (TPSA) is 32.3 Å². The summed E-state index contributed by atoms with van der Waals surface area (Å²) in [6.45, 7) is 6.87. The van der Waals surface area contributed by atoms with E-state index in [9.17, 15) is 4.79 Å². The molecule has 1 aliphatic rings. The average Bonchev–Trinajstić information content (AvgIpc) is 2.71. The van der Waals surface area contributed by atoms with Gasteiger partial charge in [0, 0.05) is 28.1 Å². The molecule has 1 saturated heterocycles. The molecule has 29 heavy (non-hydrogen) atoms. The Morgan fingerprint density at radius 3 is 2.24 bits per heavy atom. The molecule has 1 heterocycles. The van der Waals surface area contributed by atoms with E-state index >= 15 is 0 Å². The van der Waals surface area contributed by atoms with E-state index in [0.29, 0.717) is 16.0 Å². The van der Waals surface area contributed by atoms with Crippen LogP contribution in [0.3, 0.4) is 0 Å². The molecule has 0 unspecified atom stereocenters. The fourth-order valence-electron chi connectivity index (χ4n) is 3.98. The summed E-state index contributed by atoms with van der Waals surface area (Å²) in [4.78, 5) is 15.3. The normalized spacial score (nSPS) is 16.7. The minimum Gasteiger partial charge on any atom is -0.349 e. The Balaban J connectivity index is 1.56. The highest BCUT2D eigenvalue weighted by atomic mass is 35.5. The molecule has 3 rings (SSSR count). The zero-order chi connectivity index (χ0) is 20.8. The number of amides is 1. The molecule has 0 radical (unpaired) electrons. The second kappa shape index (κ2) is 10.5. The molecule has 2 aromatic carbocycles. The van der Waals surface area contributed by atoms with Crippen molar-refractivity contribution in [3.05, 3.63) is 69.7 Å². The van der Waals surface area contributed by atoms with Gasteiger partial charge >= 0.3 is 0 Å². The second-order valence-electron chi connectivity index (χ2n) is 8.35. The molecule has 5 heteroatoms. The zero-order valence-electron chi connectivity index (χ0n) is 17.2. The van der Waals surface area contributed by atoms with Crippen LogP contribution in [-0.4, -0.2) is 23.9 Å². The van der Waals surface area contributed by atoms with Gasteiger partial charge in [0.1, 0.15) is 0 Å². The molecule has 0 saturated carbocycles. The third-order valence-corrected chi connectivity index (χ3v) is 6.34.